The van der Waals surface area contributed by atoms with Crippen LogP contribution in [0.5, 0.6) is 5.75 Å². The number of anilines is 1. The maximum atomic E-state index is 12.7. The number of hydrogen-bond acceptors (Lipinski definition) is 6. The average molecular weight is 422 g/mol. The van der Waals surface area contributed by atoms with Crippen molar-refractivity contribution < 1.29 is 9.53 Å². The summed E-state index contributed by atoms with van der Waals surface area (Å²) in [6, 6.07) is 8.78. The predicted octanol–water partition coefficient (Wildman–Crippen LogP) is 4.32. The van der Waals surface area contributed by atoms with E-state index in [0.717, 1.165) is 11.4 Å². The van der Waals surface area contributed by atoms with Crippen molar-refractivity contribution in [3.05, 3.63) is 46.4 Å². The van der Waals surface area contributed by atoms with Gasteiger partial charge in [-0.25, -0.2) is 4.98 Å². The Morgan fingerprint density at radius 3 is 2.57 bits per heavy atom. The van der Waals surface area contributed by atoms with Crippen LogP contribution in [0.1, 0.15) is 39.8 Å². The summed E-state index contributed by atoms with van der Waals surface area (Å²) in [4.78, 5) is 31.8. The number of thioether (sulfide) groups is 2. The van der Waals surface area contributed by atoms with Gasteiger partial charge in [0.15, 0.2) is 5.16 Å². The summed E-state index contributed by atoms with van der Waals surface area (Å²) in [6.45, 7) is 8.66. The van der Waals surface area contributed by atoms with Gasteiger partial charge in [0.25, 0.3) is 5.56 Å². The Hall–Kier alpha value is -1.93. The van der Waals surface area contributed by atoms with Gasteiger partial charge in [-0.05, 0) is 42.9 Å². The molecule has 1 unspecified atom stereocenters. The normalized spacial score (nSPS) is 12.0. The molecule has 1 amide bonds. The van der Waals surface area contributed by atoms with Gasteiger partial charge in [0.05, 0.1) is 17.6 Å². The molecule has 1 aromatic heterocycles. The first-order valence-electron chi connectivity index (χ1n) is 9.33. The van der Waals surface area contributed by atoms with Crippen LogP contribution in [-0.2, 0) is 10.5 Å². The van der Waals surface area contributed by atoms with Crippen LogP contribution in [-0.4, -0.2) is 33.0 Å². The molecule has 2 N–H and O–H groups in total. The lowest BCUT2D eigenvalue weighted by atomic mass is 10.2. The standard InChI is InChI=1S/C20H27N3O3S2/c1-5-17(19(25)21-14-7-9-16(10-8-14)26-6-2)28-20-22-15(11-18(24)23-20)12-27-13(3)4/h7-11,13,17H,5-6,12H2,1-4H3,(H,21,25)(H,22,23,24). The molecule has 0 saturated carbocycles. The Kier molecular flexibility index (Phi) is 8.92. The molecule has 0 bridgehead atoms. The SMILES string of the molecule is CCOc1ccc(NC(=O)C(CC)Sc2nc(CSC(C)C)cc(=O)[nH]2)cc1. The molecule has 0 radical (unpaired) electrons. The van der Waals surface area contributed by atoms with Crippen molar-refractivity contribution >= 4 is 35.1 Å². The number of rotatable bonds is 10. The molecular weight excluding hydrogens is 394 g/mol. The number of nitrogens with one attached hydrogen (secondary N) is 2. The number of carbonyl (C=O) groups is 1. The number of aromatic amines is 1. The van der Waals surface area contributed by atoms with Crippen LogP contribution in [0.15, 0.2) is 40.3 Å². The molecule has 0 fully saturated rings. The molecule has 0 aliphatic heterocycles. The Labute approximate surface area is 174 Å². The second-order valence-corrected chi connectivity index (χ2v) is 9.12. The summed E-state index contributed by atoms with van der Waals surface area (Å²) in [5.41, 5.74) is 1.24. The van der Waals surface area contributed by atoms with Crippen molar-refractivity contribution in [3.8, 4) is 5.75 Å². The highest BCUT2D eigenvalue weighted by atomic mass is 32.2. The zero-order chi connectivity index (χ0) is 20.5. The molecular formula is C20H27N3O3S2. The van der Waals surface area contributed by atoms with E-state index in [4.69, 9.17) is 4.74 Å². The predicted molar refractivity (Wildman–Crippen MR) is 117 cm³/mol. The van der Waals surface area contributed by atoms with Gasteiger partial charge in [-0.3, -0.25) is 9.59 Å². The lowest BCUT2D eigenvalue weighted by molar-refractivity contribution is -0.115. The third kappa shape index (κ3) is 7.24. The first-order valence-corrected chi connectivity index (χ1v) is 11.3. The van der Waals surface area contributed by atoms with Gasteiger partial charge in [-0.15, -0.1) is 0 Å². The summed E-state index contributed by atoms with van der Waals surface area (Å²) >= 11 is 3.00. The summed E-state index contributed by atoms with van der Waals surface area (Å²) < 4.78 is 5.41. The highest BCUT2D eigenvalue weighted by Crippen LogP contribution is 2.24. The molecule has 0 saturated heterocycles. The summed E-state index contributed by atoms with van der Waals surface area (Å²) in [5.74, 6) is 1.31. The largest absolute Gasteiger partial charge is 0.494 e. The minimum atomic E-state index is -0.359. The molecule has 0 aliphatic rings. The topological polar surface area (TPSA) is 84.1 Å². The fourth-order valence-electron chi connectivity index (χ4n) is 2.35. The summed E-state index contributed by atoms with van der Waals surface area (Å²) in [7, 11) is 0. The van der Waals surface area contributed by atoms with Crippen LogP contribution in [0.4, 0.5) is 5.69 Å². The Balaban J connectivity index is 2.04. The van der Waals surface area contributed by atoms with Crippen molar-refractivity contribution in [2.75, 3.05) is 11.9 Å². The maximum Gasteiger partial charge on any atom is 0.251 e. The molecule has 6 nitrogen and oxygen atoms in total. The highest BCUT2D eigenvalue weighted by Gasteiger charge is 2.20. The molecule has 0 spiro atoms. The van der Waals surface area contributed by atoms with Crippen molar-refractivity contribution in [2.45, 2.75) is 55.5 Å². The highest BCUT2D eigenvalue weighted by molar-refractivity contribution is 8.00. The maximum absolute atomic E-state index is 12.7. The van der Waals surface area contributed by atoms with Crippen LogP contribution in [0.3, 0.4) is 0 Å². The van der Waals surface area contributed by atoms with E-state index in [9.17, 15) is 9.59 Å². The molecule has 152 valence electrons. The number of aromatic nitrogens is 2. The van der Waals surface area contributed by atoms with Gasteiger partial charge in [-0.1, -0.05) is 32.5 Å². The molecule has 8 heteroatoms. The number of hydrogen-bond donors (Lipinski definition) is 2. The first kappa shape index (κ1) is 22.4. The molecule has 1 atom stereocenters. The van der Waals surface area contributed by atoms with Crippen LogP contribution in [0.2, 0.25) is 0 Å². The fraction of sp³-hybridized carbons (Fsp3) is 0.450. The van der Waals surface area contributed by atoms with Crippen LogP contribution < -0.4 is 15.6 Å². The fourth-order valence-corrected chi connectivity index (χ4v) is 3.93. The molecule has 28 heavy (non-hydrogen) atoms. The van der Waals surface area contributed by atoms with E-state index in [2.05, 4.69) is 29.1 Å². The van der Waals surface area contributed by atoms with Gasteiger partial charge in [0, 0.05) is 17.5 Å². The van der Waals surface area contributed by atoms with Gasteiger partial charge in [0.2, 0.25) is 5.91 Å². The average Bonchev–Trinajstić information content (AvgIpc) is 2.65. The third-order valence-corrected chi connectivity index (χ3v) is 6.07. The van der Waals surface area contributed by atoms with Gasteiger partial charge in [0.1, 0.15) is 5.75 Å². The smallest absolute Gasteiger partial charge is 0.251 e. The van der Waals surface area contributed by atoms with Gasteiger partial charge in [-0.2, -0.15) is 11.8 Å². The summed E-state index contributed by atoms with van der Waals surface area (Å²) in [5, 5.41) is 3.49. The zero-order valence-corrected chi connectivity index (χ0v) is 18.3. The quantitative estimate of drug-likeness (QED) is 0.439. The number of nitrogens with zero attached hydrogens (tertiary/aromatic N) is 1. The Bertz CT molecular complexity index is 822. The van der Waals surface area contributed by atoms with E-state index in [0.29, 0.717) is 34.9 Å². The second kappa shape index (κ2) is 11.2. The second-order valence-electron chi connectivity index (χ2n) is 6.36. The molecule has 2 aromatic rings. The van der Waals surface area contributed by atoms with Crippen LogP contribution in [0.25, 0.3) is 0 Å². The number of H-pyrrole nitrogens is 1. The molecule has 1 heterocycles. The Morgan fingerprint density at radius 2 is 1.96 bits per heavy atom. The molecule has 1 aromatic carbocycles. The third-order valence-electron chi connectivity index (χ3n) is 3.69. The van der Waals surface area contributed by atoms with Crippen molar-refractivity contribution in [1.82, 2.24) is 9.97 Å². The van der Waals surface area contributed by atoms with E-state index < -0.39 is 0 Å². The molecule has 2 rings (SSSR count). The van der Waals surface area contributed by atoms with E-state index in [-0.39, 0.29) is 16.7 Å². The van der Waals surface area contributed by atoms with Crippen LogP contribution >= 0.6 is 23.5 Å². The minimum absolute atomic E-state index is 0.124. The van der Waals surface area contributed by atoms with Gasteiger partial charge >= 0.3 is 0 Å². The minimum Gasteiger partial charge on any atom is -0.494 e. The lowest BCUT2D eigenvalue weighted by Gasteiger charge is -2.15. The zero-order valence-electron chi connectivity index (χ0n) is 16.7. The lowest BCUT2D eigenvalue weighted by Crippen LogP contribution is -2.25. The number of carbonyl (C=O) groups excluding carboxylic acids is 1. The summed E-state index contributed by atoms with van der Waals surface area (Å²) in [6.07, 6.45) is 0.613. The Morgan fingerprint density at radius 1 is 1.25 bits per heavy atom. The van der Waals surface area contributed by atoms with Gasteiger partial charge < -0.3 is 15.0 Å². The van der Waals surface area contributed by atoms with E-state index >= 15 is 0 Å². The first-order chi connectivity index (χ1) is 13.4. The van der Waals surface area contributed by atoms with E-state index in [1.54, 1.807) is 11.8 Å². The van der Waals surface area contributed by atoms with Crippen molar-refractivity contribution in [3.63, 3.8) is 0 Å². The monoisotopic (exact) mass is 421 g/mol. The van der Waals surface area contributed by atoms with E-state index in [1.165, 1.54) is 17.8 Å². The number of benzene rings is 1. The number of ether oxygens (including phenoxy) is 1. The van der Waals surface area contributed by atoms with Crippen molar-refractivity contribution in [1.29, 1.82) is 0 Å². The van der Waals surface area contributed by atoms with Crippen LogP contribution in [0, 0.1) is 0 Å². The number of amides is 1. The molecule has 0 aliphatic carbocycles. The van der Waals surface area contributed by atoms with Crippen molar-refractivity contribution in [2.24, 2.45) is 0 Å². The van der Waals surface area contributed by atoms with E-state index in [1.807, 2.05) is 38.1 Å².